The molecule has 5 heteroatoms. The van der Waals surface area contributed by atoms with Gasteiger partial charge >= 0.3 is 0 Å². The molecule has 0 radical (unpaired) electrons. The molecule has 2 rings (SSSR count). The second-order valence-corrected chi connectivity index (χ2v) is 4.59. The van der Waals surface area contributed by atoms with Crippen LogP contribution in [-0.2, 0) is 0 Å². The molecule has 0 fully saturated rings. The molecule has 1 amide bonds. The Kier molecular flexibility index (Phi) is 4.83. The van der Waals surface area contributed by atoms with Crippen LogP contribution in [0.3, 0.4) is 0 Å². The molecule has 2 aromatic rings. The van der Waals surface area contributed by atoms with Crippen LogP contribution in [0.25, 0.3) is 0 Å². The third-order valence-electron chi connectivity index (χ3n) is 2.66. The standard InChI is InChI=1S/C16H12ClNO3/c17-12-5-8-14(15(20)10-12)16(21)18-13-6-3-11(4-7-13)2-1-9-19/h3-8,10,19-20H,9H2,(H,18,21). The van der Waals surface area contributed by atoms with E-state index in [9.17, 15) is 9.90 Å². The Balaban J connectivity index is 2.12. The predicted octanol–water partition coefficient (Wildman–Crippen LogP) is 2.64. The first-order valence-corrected chi connectivity index (χ1v) is 6.47. The van der Waals surface area contributed by atoms with Gasteiger partial charge in [-0.2, -0.15) is 0 Å². The third kappa shape index (κ3) is 3.99. The number of aromatic hydroxyl groups is 1. The molecule has 0 aliphatic rings. The summed E-state index contributed by atoms with van der Waals surface area (Å²) >= 11 is 5.72. The lowest BCUT2D eigenvalue weighted by molar-refractivity contribution is 0.102. The summed E-state index contributed by atoms with van der Waals surface area (Å²) in [5.41, 5.74) is 1.45. The van der Waals surface area contributed by atoms with Crippen LogP contribution in [-0.4, -0.2) is 22.7 Å². The second kappa shape index (κ2) is 6.80. The van der Waals surface area contributed by atoms with E-state index in [1.807, 2.05) is 0 Å². The summed E-state index contributed by atoms with van der Waals surface area (Å²) in [7, 11) is 0. The fourth-order valence-electron chi connectivity index (χ4n) is 1.67. The molecule has 0 atom stereocenters. The minimum atomic E-state index is -0.432. The smallest absolute Gasteiger partial charge is 0.259 e. The zero-order chi connectivity index (χ0) is 15.2. The normalized spacial score (nSPS) is 9.62. The first kappa shape index (κ1) is 14.9. The van der Waals surface area contributed by atoms with Gasteiger partial charge in [0.1, 0.15) is 12.4 Å². The summed E-state index contributed by atoms with van der Waals surface area (Å²) in [6, 6.07) is 11.1. The van der Waals surface area contributed by atoms with E-state index >= 15 is 0 Å². The van der Waals surface area contributed by atoms with Crippen molar-refractivity contribution in [2.45, 2.75) is 0 Å². The number of anilines is 1. The summed E-state index contributed by atoms with van der Waals surface area (Å²) in [5.74, 6) is 4.68. The number of phenolic OH excluding ortho intramolecular Hbond substituents is 1. The quantitative estimate of drug-likeness (QED) is 0.747. The Labute approximate surface area is 127 Å². The van der Waals surface area contributed by atoms with Crippen LogP contribution in [0.15, 0.2) is 42.5 Å². The van der Waals surface area contributed by atoms with E-state index < -0.39 is 5.91 Å². The number of rotatable bonds is 2. The molecule has 0 bridgehead atoms. The maximum absolute atomic E-state index is 12.0. The molecule has 4 nitrogen and oxygen atoms in total. The number of aliphatic hydroxyl groups excluding tert-OH is 1. The SMILES string of the molecule is O=C(Nc1ccc(C#CCO)cc1)c1ccc(Cl)cc1O. The molecule has 0 aliphatic heterocycles. The Morgan fingerprint density at radius 1 is 1.19 bits per heavy atom. The van der Waals surface area contributed by atoms with Crippen LogP contribution in [0.2, 0.25) is 5.02 Å². The highest BCUT2D eigenvalue weighted by molar-refractivity contribution is 6.30. The summed E-state index contributed by atoms with van der Waals surface area (Å²) in [6.45, 7) is -0.200. The van der Waals surface area contributed by atoms with Crippen molar-refractivity contribution in [2.24, 2.45) is 0 Å². The van der Waals surface area contributed by atoms with Crippen molar-refractivity contribution in [3.63, 3.8) is 0 Å². The molecular weight excluding hydrogens is 290 g/mol. The number of benzene rings is 2. The van der Waals surface area contributed by atoms with E-state index in [4.69, 9.17) is 16.7 Å². The van der Waals surface area contributed by atoms with Gasteiger partial charge in [-0.25, -0.2) is 0 Å². The average Bonchev–Trinajstić information content (AvgIpc) is 2.46. The zero-order valence-electron chi connectivity index (χ0n) is 10.9. The molecule has 0 aromatic heterocycles. The van der Waals surface area contributed by atoms with Gasteiger partial charge in [0.15, 0.2) is 0 Å². The molecule has 106 valence electrons. The molecule has 0 spiro atoms. The summed E-state index contributed by atoms with van der Waals surface area (Å²) in [4.78, 5) is 12.0. The van der Waals surface area contributed by atoms with Crippen molar-refractivity contribution in [1.82, 2.24) is 0 Å². The van der Waals surface area contributed by atoms with Crippen molar-refractivity contribution in [3.05, 3.63) is 58.6 Å². The van der Waals surface area contributed by atoms with E-state index in [1.54, 1.807) is 24.3 Å². The van der Waals surface area contributed by atoms with Crippen LogP contribution in [0.5, 0.6) is 5.75 Å². The molecule has 0 saturated carbocycles. The number of carbonyl (C=O) groups excluding carboxylic acids is 1. The van der Waals surface area contributed by atoms with E-state index in [0.29, 0.717) is 10.7 Å². The lowest BCUT2D eigenvalue weighted by Gasteiger charge is -2.07. The van der Waals surface area contributed by atoms with Gasteiger partial charge in [0.05, 0.1) is 5.56 Å². The zero-order valence-corrected chi connectivity index (χ0v) is 11.7. The Bertz CT molecular complexity index is 715. The van der Waals surface area contributed by atoms with E-state index in [0.717, 1.165) is 5.56 Å². The van der Waals surface area contributed by atoms with Gasteiger partial charge in [-0.3, -0.25) is 4.79 Å². The summed E-state index contributed by atoms with van der Waals surface area (Å²) in [5, 5.41) is 21.3. The minimum Gasteiger partial charge on any atom is -0.507 e. The fourth-order valence-corrected chi connectivity index (χ4v) is 1.84. The molecular formula is C16H12ClNO3. The Morgan fingerprint density at radius 3 is 2.52 bits per heavy atom. The van der Waals surface area contributed by atoms with Gasteiger partial charge < -0.3 is 15.5 Å². The summed E-state index contributed by atoms with van der Waals surface area (Å²) in [6.07, 6.45) is 0. The van der Waals surface area contributed by atoms with Crippen molar-refractivity contribution in [3.8, 4) is 17.6 Å². The number of nitrogens with one attached hydrogen (secondary N) is 1. The third-order valence-corrected chi connectivity index (χ3v) is 2.89. The highest BCUT2D eigenvalue weighted by Gasteiger charge is 2.11. The van der Waals surface area contributed by atoms with Gasteiger partial charge in [0, 0.05) is 16.3 Å². The predicted molar refractivity (Wildman–Crippen MR) is 81.5 cm³/mol. The molecule has 0 unspecified atom stereocenters. The van der Waals surface area contributed by atoms with Crippen LogP contribution >= 0.6 is 11.6 Å². The maximum Gasteiger partial charge on any atom is 0.259 e. The number of aliphatic hydroxyl groups is 1. The molecule has 2 aromatic carbocycles. The van der Waals surface area contributed by atoms with Crippen molar-refractivity contribution in [1.29, 1.82) is 0 Å². The number of carbonyl (C=O) groups is 1. The van der Waals surface area contributed by atoms with Crippen molar-refractivity contribution < 1.29 is 15.0 Å². The topological polar surface area (TPSA) is 69.6 Å². The number of hydrogen-bond donors (Lipinski definition) is 3. The van der Waals surface area contributed by atoms with Gasteiger partial charge in [-0.1, -0.05) is 23.4 Å². The van der Waals surface area contributed by atoms with Gasteiger partial charge in [0.25, 0.3) is 5.91 Å². The summed E-state index contributed by atoms with van der Waals surface area (Å²) < 4.78 is 0. The van der Waals surface area contributed by atoms with E-state index in [-0.39, 0.29) is 17.9 Å². The highest BCUT2D eigenvalue weighted by Crippen LogP contribution is 2.23. The molecule has 21 heavy (non-hydrogen) atoms. The largest absolute Gasteiger partial charge is 0.507 e. The Morgan fingerprint density at radius 2 is 1.90 bits per heavy atom. The molecule has 0 saturated heterocycles. The van der Waals surface area contributed by atoms with Crippen molar-refractivity contribution >= 4 is 23.2 Å². The fraction of sp³-hybridized carbons (Fsp3) is 0.0625. The van der Waals surface area contributed by atoms with Gasteiger partial charge in [-0.15, -0.1) is 0 Å². The lowest BCUT2D eigenvalue weighted by atomic mass is 10.1. The number of halogens is 1. The average molecular weight is 302 g/mol. The number of hydrogen-bond acceptors (Lipinski definition) is 3. The van der Waals surface area contributed by atoms with Gasteiger partial charge in [-0.05, 0) is 42.5 Å². The van der Waals surface area contributed by atoms with E-state index in [1.165, 1.54) is 18.2 Å². The number of amides is 1. The first-order chi connectivity index (χ1) is 10.1. The van der Waals surface area contributed by atoms with Gasteiger partial charge in [0.2, 0.25) is 0 Å². The minimum absolute atomic E-state index is 0.142. The lowest BCUT2D eigenvalue weighted by Crippen LogP contribution is -2.11. The van der Waals surface area contributed by atoms with Crippen LogP contribution in [0.4, 0.5) is 5.69 Å². The van der Waals surface area contributed by atoms with Crippen molar-refractivity contribution in [2.75, 3.05) is 11.9 Å². The second-order valence-electron chi connectivity index (χ2n) is 4.15. The van der Waals surface area contributed by atoms with Crippen LogP contribution < -0.4 is 5.32 Å². The monoisotopic (exact) mass is 301 g/mol. The number of phenols is 1. The highest BCUT2D eigenvalue weighted by atomic mass is 35.5. The maximum atomic E-state index is 12.0. The van der Waals surface area contributed by atoms with E-state index in [2.05, 4.69) is 17.2 Å². The molecule has 3 N–H and O–H groups in total. The van der Waals surface area contributed by atoms with Crippen LogP contribution in [0, 0.1) is 11.8 Å². The molecule has 0 aliphatic carbocycles. The molecule has 0 heterocycles. The first-order valence-electron chi connectivity index (χ1n) is 6.10. The van der Waals surface area contributed by atoms with Crippen LogP contribution in [0.1, 0.15) is 15.9 Å². The Hall–Kier alpha value is -2.48.